The lowest BCUT2D eigenvalue weighted by molar-refractivity contribution is -0.116. The molecule has 0 aromatic heterocycles. The number of nitrogens with one attached hydrogen (secondary N) is 3. The molecule has 1 aliphatic rings. The van der Waals surface area contributed by atoms with Gasteiger partial charge >= 0.3 is 0 Å². The molecular weight excluding hydrogens is 462 g/mol. The first-order valence-electron chi connectivity index (χ1n) is 10.3. The molecular formula is C24H22ClN3O4S. The van der Waals surface area contributed by atoms with E-state index < -0.39 is 21.8 Å². The minimum Gasteiger partial charge on any atom is -0.371 e. The lowest BCUT2D eigenvalue weighted by Crippen LogP contribution is -2.43. The Hall–Kier alpha value is -3.36. The summed E-state index contributed by atoms with van der Waals surface area (Å²) in [6.07, 6.45) is 0. The molecule has 7 nitrogen and oxygen atoms in total. The fraction of sp³-hybridized carbons (Fsp3) is 0.167. The maximum Gasteiger partial charge on any atom is 0.251 e. The van der Waals surface area contributed by atoms with Gasteiger partial charge in [-0.15, -0.1) is 0 Å². The lowest BCUT2D eigenvalue weighted by atomic mass is 10.1. The van der Waals surface area contributed by atoms with Gasteiger partial charge in [0.1, 0.15) is 6.04 Å². The Bertz CT molecular complexity index is 1300. The topological polar surface area (TPSA) is 104 Å². The van der Waals surface area contributed by atoms with Crippen LogP contribution in [0.15, 0.2) is 72.8 Å². The quantitative estimate of drug-likeness (QED) is 0.476. The van der Waals surface area contributed by atoms with Gasteiger partial charge in [-0.1, -0.05) is 60.1 Å². The van der Waals surface area contributed by atoms with Gasteiger partial charge in [-0.2, -0.15) is 0 Å². The van der Waals surface area contributed by atoms with E-state index in [0.29, 0.717) is 34.1 Å². The number of carbonyl (C=O) groups is 2. The minimum absolute atomic E-state index is 0.258. The van der Waals surface area contributed by atoms with Crippen molar-refractivity contribution >= 4 is 44.6 Å². The van der Waals surface area contributed by atoms with Gasteiger partial charge in [-0.05, 0) is 35.4 Å². The van der Waals surface area contributed by atoms with Crippen molar-refractivity contribution in [3.05, 3.63) is 94.5 Å². The van der Waals surface area contributed by atoms with E-state index in [1.54, 1.807) is 42.5 Å². The van der Waals surface area contributed by atoms with E-state index >= 15 is 0 Å². The predicted molar refractivity (Wildman–Crippen MR) is 129 cm³/mol. The Kier molecular flexibility index (Phi) is 6.67. The first-order chi connectivity index (χ1) is 15.8. The van der Waals surface area contributed by atoms with Crippen molar-refractivity contribution in [2.45, 2.75) is 18.3 Å². The van der Waals surface area contributed by atoms with Gasteiger partial charge in [0.2, 0.25) is 5.91 Å². The third-order valence-corrected chi connectivity index (χ3v) is 7.20. The molecule has 0 saturated heterocycles. The molecule has 0 fully saturated rings. The standard InChI is InChI=1S/C24H22ClN3O4S/c25-19-9-5-4-8-18(19)14-33(31,32)15-22-24(30)28-21-12-17(10-11-20(21)27-22)23(29)26-13-16-6-2-1-3-7-16/h1-12,22,27H,13-15H2,(H,26,29)(H,28,30). The van der Waals surface area contributed by atoms with Crippen LogP contribution in [0.25, 0.3) is 0 Å². The number of benzene rings is 3. The highest BCUT2D eigenvalue weighted by molar-refractivity contribution is 7.90. The summed E-state index contributed by atoms with van der Waals surface area (Å²) in [5, 5.41) is 8.88. The lowest BCUT2D eigenvalue weighted by Gasteiger charge is -2.27. The number of carbonyl (C=O) groups excluding carboxylic acids is 2. The zero-order valence-corrected chi connectivity index (χ0v) is 19.1. The summed E-state index contributed by atoms with van der Waals surface area (Å²) in [5.41, 5.74) is 2.82. The van der Waals surface area contributed by atoms with Crippen LogP contribution >= 0.6 is 11.6 Å². The second-order valence-electron chi connectivity index (χ2n) is 7.76. The summed E-state index contributed by atoms with van der Waals surface area (Å²) in [6, 6.07) is 20.1. The molecule has 3 N–H and O–H groups in total. The van der Waals surface area contributed by atoms with Crippen LogP contribution in [0.2, 0.25) is 5.02 Å². The van der Waals surface area contributed by atoms with Crippen molar-refractivity contribution in [2.24, 2.45) is 0 Å². The van der Waals surface area contributed by atoms with Crippen LogP contribution < -0.4 is 16.0 Å². The van der Waals surface area contributed by atoms with E-state index in [-0.39, 0.29) is 17.4 Å². The van der Waals surface area contributed by atoms with Crippen LogP contribution in [0.1, 0.15) is 21.5 Å². The summed E-state index contributed by atoms with van der Waals surface area (Å²) >= 11 is 6.07. The predicted octanol–water partition coefficient (Wildman–Crippen LogP) is 3.62. The fourth-order valence-corrected chi connectivity index (χ4v) is 5.42. The van der Waals surface area contributed by atoms with Gasteiger partial charge < -0.3 is 16.0 Å². The van der Waals surface area contributed by atoms with Crippen molar-refractivity contribution < 1.29 is 18.0 Å². The summed E-state index contributed by atoms with van der Waals surface area (Å²) in [7, 11) is -3.62. The molecule has 0 saturated carbocycles. The highest BCUT2D eigenvalue weighted by Gasteiger charge is 2.31. The average molecular weight is 484 g/mol. The Balaban J connectivity index is 1.42. The third kappa shape index (κ3) is 5.71. The summed E-state index contributed by atoms with van der Waals surface area (Å²) < 4.78 is 25.4. The van der Waals surface area contributed by atoms with Crippen LogP contribution in [0.5, 0.6) is 0 Å². The van der Waals surface area contributed by atoms with Gasteiger partial charge in [-0.3, -0.25) is 9.59 Å². The number of sulfone groups is 1. The smallest absolute Gasteiger partial charge is 0.251 e. The second-order valence-corrected chi connectivity index (χ2v) is 10.3. The number of anilines is 2. The van der Waals surface area contributed by atoms with Crippen molar-refractivity contribution in [1.29, 1.82) is 0 Å². The van der Waals surface area contributed by atoms with Crippen LogP contribution in [-0.2, 0) is 26.9 Å². The maximum absolute atomic E-state index is 12.7. The monoisotopic (exact) mass is 483 g/mol. The SMILES string of the molecule is O=C(NCc1ccccc1)c1ccc2c(c1)NC(=O)C(CS(=O)(=O)Cc1ccccc1Cl)N2. The molecule has 1 atom stereocenters. The van der Waals surface area contributed by atoms with E-state index in [9.17, 15) is 18.0 Å². The number of hydrogen-bond acceptors (Lipinski definition) is 5. The molecule has 0 spiro atoms. The second kappa shape index (κ2) is 9.64. The van der Waals surface area contributed by atoms with E-state index in [1.165, 1.54) is 0 Å². The zero-order chi connectivity index (χ0) is 23.4. The van der Waals surface area contributed by atoms with Crippen molar-refractivity contribution in [3.8, 4) is 0 Å². The maximum atomic E-state index is 12.7. The number of hydrogen-bond donors (Lipinski definition) is 3. The first kappa shape index (κ1) is 22.8. The molecule has 33 heavy (non-hydrogen) atoms. The molecule has 2 amide bonds. The highest BCUT2D eigenvalue weighted by atomic mass is 35.5. The van der Waals surface area contributed by atoms with Crippen LogP contribution in [0, 0.1) is 0 Å². The number of fused-ring (bicyclic) bond motifs is 1. The molecule has 9 heteroatoms. The fourth-order valence-electron chi connectivity index (χ4n) is 3.55. The number of amides is 2. The molecule has 3 aromatic carbocycles. The molecule has 0 bridgehead atoms. The first-order valence-corrected chi connectivity index (χ1v) is 12.5. The normalized spacial score (nSPS) is 15.2. The Morgan fingerprint density at radius 1 is 0.970 bits per heavy atom. The van der Waals surface area contributed by atoms with E-state index in [2.05, 4.69) is 16.0 Å². The molecule has 4 rings (SSSR count). The third-order valence-electron chi connectivity index (χ3n) is 5.24. The summed E-state index contributed by atoms with van der Waals surface area (Å²) in [5.74, 6) is -1.40. The Morgan fingerprint density at radius 3 is 2.45 bits per heavy atom. The molecule has 170 valence electrons. The molecule has 1 unspecified atom stereocenters. The van der Waals surface area contributed by atoms with Crippen molar-refractivity contribution in [3.63, 3.8) is 0 Å². The summed E-state index contributed by atoms with van der Waals surface area (Å²) in [4.78, 5) is 25.1. The molecule has 1 heterocycles. The van der Waals surface area contributed by atoms with Gasteiger partial charge in [0, 0.05) is 17.1 Å². The van der Waals surface area contributed by atoms with Crippen LogP contribution in [0.4, 0.5) is 11.4 Å². The van der Waals surface area contributed by atoms with E-state index in [4.69, 9.17) is 11.6 Å². The van der Waals surface area contributed by atoms with Crippen LogP contribution in [-0.4, -0.2) is 32.0 Å². The molecule has 3 aromatic rings. The zero-order valence-electron chi connectivity index (χ0n) is 17.5. The van der Waals surface area contributed by atoms with Crippen LogP contribution in [0.3, 0.4) is 0 Å². The average Bonchev–Trinajstić information content (AvgIpc) is 2.79. The molecule has 0 radical (unpaired) electrons. The summed E-state index contributed by atoms with van der Waals surface area (Å²) in [6.45, 7) is 0.382. The van der Waals surface area contributed by atoms with Crippen molar-refractivity contribution in [1.82, 2.24) is 5.32 Å². The number of rotatable bonds is 7. The molecule has 0 aliphatic carbocycles. The molecule has 1 aliphatic heterocycles. The Labute approximate surface area is 197 Å². The van der Waals surface area contributed by atoms with Gasteiger partial charge in [0.15, 0.2) is 9.84 Å². The van der Waals surface area contributed by atoms with Gasteiger partial charge in [0.05, 0.1) is 22.9 Å². The number of halogens is 1. The van der Waals surface area contributed by atoms with Crippen molar-refractivity contribution in [2.75, 3.05) is 16.4 Å². The van der Waals surface area contributed by atoms with Gasteiger partial charge in [-0.25, -0.2) is 8.42 Å². The van der Waals surface area contributed by atoms with Gasteiger partial charge in [0.25, 0.3) is 5.91 Å². The Morgan fingerprint density at radius 2 is 1.70 bits per heavy atom. The largest absolute Gasteiger partial charge is 0.371 e. The highest BCUT2D eigenvalue weighted by Crippen LogP contribution is 2.29. The van der Waals surface area contributed by atoms with E-state index in [1.807, 2.05) is 30.3 Å². The minimum atomic E-state index is -3.62. The van der Waals surface area contributed by atoms with E-state index in [0.717, 1.165) is 5.56 Å².